The smallest absolute Gasteiger partial charge is 0.324 e. The Bertz CT molecular complexity index is 251. The summed E-state index contributed by atoms with van der Waals surface area (Å²) >= 11 is 0. The van der Waals surface area contributed by atoms with Crippen LogP contribution in [-0.2, 0) is 9.53 Å². The van der Waals surface area contributed by atoms with Crippen molar-refractivity contribution < 1.29 is 9.53 Å². The van der Waals surface area contributed by atoms with E-state index in [1.54, 1.807) is 0 Å². The van der Waals surface area contributed by atoms with Crippen LogP contribution in [0.25, 0.3) is 0 Å². The second kappa shape index (κ2) is 9.32. The van der Waals surface area contributed by atoms with Crippen LogP contribution in [0.4, 0.5) is 0 Å². The SMILES string of the molecule is CCCNC(CN1CCC(CC)CC1)C(=O)OCC. The topological polar surface area (TPSA) is 41.6 Å². The van der Waals surface area contributed by atoms with Crippen LogP contribution in [0.2, 0.25) is 0 Å². The Labute approximate surface area is 117 Å². The summed E-state index contributed by atoms with van der Waals surface area (Å²) in [6.07, 6.45) is 4.84. The summed E-state index contributed by atoms with van der Waals surface area (Å²) in [5, 5.41) is 3.31. The van der Waals surface area contributed by atoms with Crippen molar-refractivity contribution in [3.8, 4) is 0 Å². The van der Waals surface area contributed by atoms with Gasteiger partial charge in [0.2, 0.25) is 0 Å². The lowest BCUT2D eigenvalue weighted by atomic mass is 9.94. The van der Waals surface area contributed by atoms with Crippen molar-refractivity contribution in [2.45, 2.75) is 52.5 Å². The molecule has 1 aliphatic rings. The number of nitrogens with one attached hydrogen (secondary N) is 1. The number of carbonyl (C=O) groups excluding carboxylic acids is 1. The maximum absolute atomic E-state index is 11.9. The molecule has 19 heavy (non-hydrogen) atoms. The zero-order valence-corrected chi connectivity index (χ0v) is 12.8. The van der Waals surface area contributed by atoms with Crippen LogP contribution in [-0.4, -0.2) is 49.7 Å². The Kier molecular flexibility index (Phi) is 8.07. The highest BCUT2D eigenvalue weighted by molar-refractivity contribution is 5.76. The molecule has 1 fully saturated rings. The molecule has 0 aromatic rings. The first kappa shape index (κ1) is 16.4. The summed E-state index contributed by atoms with van der Waals surface area (Å²) in [7, 11) is 0. The van der Waals surface area contributed by atoms with Gasteiger partial charge in [-0.2, -0.15) is 0 Å². The van der Waals surface area contributed by atoms with E-state index in [-0.39, 0.29) is 12.0 Å². The quantitative estimate of drug-likeness (QED) is 0.685. The molecule has 1 N–H and O–H groups in total. The molecule has 0 bridgehead atoms. The van der Waals surface area contributed by atoms with Gasteiger partial charge in [-0.3, -0.25) is 4.79 Å². The molecule has 1 rings (SSSR count). The first-order valence-corrected chi connectivity index (χ1v) is 7.83. The number of nitrogens with zero attached hydrogens (tertiary/aromatic N) is 1. The van der Waals surface area contributed by atoms with Crippen LogP contribution in [0, 0.1) is 5.92 Å². The van der Waals surface area contributed by atoms with Crippen molar-refractivity contribution in [1.29, 1.82) is 0 Å². The molecule has 4 nitrogen and oxygen atoms in total. The molecule has 0 radical (unpaired) electrons. The van der Waals surface area contributed by atoms with Crippen molar-refractivity contribution in [3.05, 3.63) is 0 Å². The molecule has 1 saturated heterocycles. The predicted octanol–water partition coefficient (Wildman–Crippen LogP) is 2.04. The second-order valence-electron chi connectivity index (χ2n) is 5.41. The molecular formula is C15H30N2O2. The monoisotopic (exact) mass is 270 g/mol. The fourth-order valence-corrected chi connectivity index (χ4v) is 2.62. The van der Waals surface area contributed by atoms with Gasteiger partial charge in [0.1, 0.15) is 6.04 Å². The Morgan fingerprint density at radius 3 is 2.53 bits per heavy atom. The molecule has 1 heterocycles. The van der Waals surface area contributed by atoms with Gasteiger partial charge >= 0.3 is 5.97 Å². The third kappa shape index (κ3) is 5.91. The maximum atomic E-state index is 11.9. The number of piperidine rings is 1. The average molecular weight is 270 g/mol. The lowest BCUT2D eigenvalue weighted by molar-refractivity contribution is -0.146. The van der Waals surface area contributed by atoms with Gasteiger partial charge in [0, 0.05) is 6.54 Å². The molecule has 0 saturated carbocycles. The zero-order valence-electron chi connectivity index (χ0n) is 12.8. The van der Waals surface area contributed by atoms with E-state index in [1.165, 1.54) is 19.3 Å². The number of ether oxygens (including phenoxy) is 1. The van der Waals surface area contributed by atoms with E-state index >= 15 is 0 Å². The Balaban J connectivity index is 2.41. The van der Waals surface area contributed by atoms with Crippen LogP contribution in [0.15, 0.2) is 0 Å². The van der Waals surface area contributed by atoms with E-state index < -0.39 is 0 Å². The Morgan fingerprint density at radius 2 is 2.00 bits per heavy atom. The Morgan fingerprint density at radius 1 is 1.32 bits per heavy atom. The van der Waals surface area contributed by atoms with Gasteiger partial charge in [0.05, 0.1) is 6.61 Å². The fourth-order valence-electron chi connectivity index (χ4n) is 2.62. The molecule has 0 aromatic heterocycles. The van der Waals surface area contributed by atoms with Crippen molar-refractivity contribution in [2.24, 2.45) is 5.92 Å². The van der Waals surface area contributed by atoms with Crippen LogP contribution in [0.1, 0.15) is 46.5 Å². The minimum Gasteiger partial charge on any atom is -0.465 e. The van der Waals surface area contributed by atoms with Crippen LogP contribution in [0.5, 0.6) is 0 Å². The number of likely N-dealkylation sites (tertiary alicyclic amines) is 1. The van der Waals surface area contributed by atoms with E-state index in [1.807, 2.05) is 6.92 Å². The first-order valence-electron chi connectivity index (χ1n) is 7.83. The largest absolute Gasteiger partial charge is 0.465 e. The van der Waals surface area contributed by atoms with Crippen molar-refractivity contribution in [3.63, 3.8) is 0 Å². The highest BCUT2D eigenvalue weighted by Gasteiger charge is 2.25. The van der Waals surface area contributed by atoms with E-state index in [4.69, 9.17) is 4.74 Å². The zero-order chi connectivity index (χ0) is 14.1. The second-order valence-corrected chi connectivity index (χ2v) is 5.41. The molecule has 0 amide bonds. The number of hydrogen-bond acceptors (Lipinski definition) is 4. The molecule has 0 aliphatic carbocycles. The summed E-state index contributed by atoms with van der Waals surface area (Å²) in [6, 6.07) is -0.168. The highest BCUT2D eigenvalue weighted by atomic mass is 16.5. The molecule has 0 aromatic carbocycles. The minimum absolute atomic E-state index is 0.103. The minimum atomic E-state index is -0.168. The van der Waals surface area contributed by atoms with Gasteiger partial charge < -0.3 is 15.0 Å². The summed E-state index contributed by atoms with van der Waals surface area (Å²) in [4.78, 5) is 14.3. The van der Waals surface area contributed by atoms with Crippen molar-refractivity contribution in [1.82, 2.24) is 10.2 Å². The van der Waals surface area contributed by atoms with E-state index in [2.05, 4.69) is 24.1 Å². The number of esters is 1. The summed E-state index contributed by atoms with van der Waals surface area (Å²) < 4.78 is 5.16. The van der Waals surface area contributed by atoms with E-state index in [0.717, 1.165) is 38.5 Å². The lowest BCUT2D eigenvalue weighted by Crippen LogP contribution is -2.49. The fraction of sp³-hybridized carbons (Fsp3) is 0.933. The summed E-state index contributed by atoms with van der Waals surface area (Å²) in [6.45, 7) is 10.6. The Hall–Kier alpha value is -0.610. The van der Waals surface area contributed by atoms with Gasteiger partial charge in [-0.05, 0) is 51.7 Å². The highest BCUT2D eigenvalue weighted by Crippen LogP contribution is 2.19. The van der Waals surface area contributed by atoms with Crippen molar-refractivity contribution in [2.75, 3.05) is 32.8 Å². The third-order valence-corrected chi connectivity index (χ3v) is 3.94. The van der Waals surface area contributed by atoms with Gasteiger partial charge in [0.25, 0.3) is 0 Å². The summed E-state index contributed by atoms with van der Waals surface area (Å²) in [5.74, 6) is 0.773. The van der Waals surface area contributed by atoms with Gasteiger partial charge in [-0.25, -0.2) is 0 Å². The molecule has 1 unspecified atom stereocenters. The first-order chi connectivity index (χ1) is 9.21. The van der Waals surface area contributed by atoms with Crippen LogP contribution < -0.4 is 5.32 Å². The molecule has 4 heteroatoms. The predicted molar refractivity (Wildman–Crippen MR) is 78.2 cm³/mol. The number of rotatable bonds is 8. The third-order valence-electron chi connectivity index (χ3n) is 3.94. The molecule has 0 spiro atoms. The van der Waals surface area contributed by atoms with E-state index in [0.29, 0.717) is 6.61 Å². The maximum Gasteiger partial charge on any atom is 0.324 e. The van der Waals surface area contributed by atoms with Gasteiger partial charge in [-0.1, -0.05) is 20.3 Å². The molecule has 112 valence electrons. The number of hydrogen-bond donors (Lipinski definition) is 1. The summed E-state index contributed by atoms with van der Waals surface area (Å²) in [5.41, 5.74) is 0. The lowest BCUT2D eigenvalue weighted by Gasteiger charge is -2.33. The van der Waals surface area contributed by atoms with Crippen LogP contribution >= 0.6 is 0 Å². The average Bonchev–Trinajstić information content (AvgIpc) is 2.44. The number of carbonyl (C=O) groups is 1. The van der Waals surface area contributed by atoms with Gasteiger partial charge in [-0.15, -0.1) is 0 Å². The molecule has 1 atom stereocenters. The van der Waals surface area contributed by atoms with Gasteiger partial charge in [0.15, 0.2) is 0 Å². The van der Waals surface area contributed by atoms with Crippen molar-refractivity contribution >= 4 is 5.97 Å². The van der Waals surface area contributed by atoms with E-state index in [9.17, 15) is 4.79 Å². The normalized spacial score (nSPS) is 19.3. The van der Waals surface area contributed by atoms with Crippen LogP contribution in [0.3, 0.4) is 0 Å². The standard InChI is InChI=1S/C15H30N2O2/c1-4-9-16-14(15(18)19-6-3)12-17-10-7-13(5-2)8-11-17/h13-14,16H,4-12H2,1-3H3. The molecule has 1 aliphatic heterocycles. The molecular weight excluding hydrogens is 240 g/mol.